The maximum absolute atomic E-state index is 12.0. The van der Waals surface area contributed by atoms with Crippen molar-refractivity contribution in [1.29, 1.82) is 0 Å². The van der Waals surface area contributed by atoms with Gasteiger partial charge < -0.3 is 14.9 Å². The van der Waals surface area contributed by atoms with Crippen LogP contribution in [-0.2, 0) is 0 Å². The monoisotopic (exact) mass is 296 g/mol. The maximum Gasteiger partial charge on any atom is 0.273 e. The molecule has 0 spiro atoms. The van der Waals surface area contributed by atoms with Gasteiger partial charge in [0.15, 0.2) is 5.69 Å². The molecule has 1 heterocycles. The Morgan fingerprint density at radius 2 is 2.40 bits per heavy atom. The van der Waals surface area contributed by atoms with Crippen LogP contribution in [-0.4, -0.2) is 39.3 Å². The van der Waals surface area contributed by atoms with Crippen LogP contribution >= 0.6 is 11.8 Å². The van der Waals surface area contributed by atoms with E-state index in [0.717, 1.165) is 37.2 Å². The predicted molar refractivity (Wildman–Crippen MR) is 76.9 cm³/mol. The lowest BCUT2D eigenvalue weighted by Gasteiger charge is -2.44. The van der Waals surface area contributed by atoms with E-state index >= 15 is 0 Å². The van der Waals surface area contributed by atoms with Crippen LogP contribution < -0.4 is 5.32 Å². The Morgan fingerprint density at radius 1 is 1.60 bits per heavy atom. The minimum absolute atomic E-state index is 0.229. The Balaban J connectivity index is 1.53. The van der Waals surface area contributed by atoms with Crippen LogP contribution in [0.4, 0.5) is 0 Å². The Hall–Kier alpha value is -1.01. The number of nitrogens with zero attached hydrogens (tertiary/aromatic N) is 1. The highest BCUT2D eigenvalue weighted by Gasteiger charge is 2.45. The quantitative estimate of drug-likeness (QED) is 0.839. The first-order valence-electron chi connectivity index (χ1n) is 7.21. The summed E-state index contributed by atoms with van der Waals surface area (Å²) in [7, 11) is 0. The van der Waals surface area contributed by atoms with Crippen molar-refractivity contribution < 1.29 is 14.4 Å². The number of thioether (sulfide) groups is 1. The van der Waals surface area contributed by atoms with Gasteiger partial charge in [-0.15, -0.1) is 0 Å². The molecule has 0 aromatic carbocycles. The Kier molecular flexibility index (Phi) is 3.77. The van der Waals surface area contributed by atoms with Crippen molar-refractivity contribution in [1.82, 2.24) is 10.5 Å². The number of aliphatic hydroxyl groups is 1. The molecule has 0 aliphatic heterocycles. The summed E-state index contributed by atoms with van der Waals surface area (Å²) in [5, 5.41) is 17.2. The summed E-state index contributed by atoms with van der Waals surface area (Å²) in [6, 6.07) is 1.72. The van der Waals surface area contributed by atoms with Crippen molar-refractivity contribution in [3.8, 4) is 0 Å². The fraction of sp³-hybridized carbons (Fsp3) is 0.714. The molecule has 110 valence electrons. The molecule has 2 aliphatic rings. The van der Waals surface area contributed by atoms with Crippen LogP contribution in [0.15, 0.2) is 10.6 Å². The molecule has 2 fully saturated rings. The summed E-state index contributed by atoms with van der Waals surface area (Å²) >= 11 is 1.75. The topological polar surface area (TPSA) is 75.4 Å². The third-order valence-electron chi connectivity index (χ3n) is 4.10. The maximum atomic E-state index is 12.0. The highest BCUT2D eigenvalue weighted by molar-refractivity contribution is 8.00. The third-order valence-corrected chi connectivity index (χ3v) is 5.51. The molecule has 2 unspecified atom stereocenters. The highest BCUT2D eigenvalue weighted by atomic mass is 32.2. The summed E-state index contributed by atoms with van der Waals surface area (Å²) in [6.07, 6.45) is 4.00. The standard InChI is InChI=1S/C14H20N2O3S/c1-2-20-12-5-6-14(12,18)8-15-13(17)10-7-11(19-16-10)9-3-4-9/h7,9,12,18H,2-6,8H2,1H3,(H,15,17). The zero-order valence-electron chi connectivity index (χ0n) is 11.6. The molecule has 3 rings (SSSR count). The molecular formula is C14H20N2O3S. The van der Waals surface area contributed by atoms with E-state index in [9.17, 15) is 9.90 Å². The zero-order chi connectivity index (χ0) is 14.2. The fourth-order valence-corrected chi connectivity index (χ4v) is 3.72. The molecule has 1 aromatic rings. The Morgan fingerprint density at radius 3 is 3.00 bits per heavy atom. The lowest BCUT2D eigenvalue weighted by Crippen LogP contribution is -2.57. The number of amides is 1. The average molecular weight is 296 g/mol. The van der Waals surface area contributed by atoms with Crippen molar-refractivity contribution in [2.75, 3.05) is 12.3 Å². The minimum Gasteiger partial charge on any atom is -0.387 e. The first kappa shape index (κ1) is 13.9. The summed E-state index contributed by atoms with van der Waals surface area (Å²) in [4.78, 5) is 12.0. The molecule has 0 saturated heterocycles. The van der Waals surface area contributed by atoms with Crippen LogP contribution in [0.3, 0.4) is 0 Å². The fourth-order valence-electron chi connectivity index (χ4n) is 2.52. The number of carbonyl (C=O) groups is 1. The van der Waals surface area contributed by atoms with E-state index in [0.29, 0.717) is 11.6 Å². The molecule has 20 heavy (non-hydrogen) atoms. The first-order valence-corrected chi connectivity index (χ1v) is 8.26. The lowest BCUT2D eigenvalue weighted by atomic mass is 9.79. The SMILES string of the molecule is CCSC1CCC1(O)CNC(=O)c1cc(C2CC2)on1. The second-order valence-corrected chi connectivity index (χ2v) is 7.14. The van der Waals surface area contributed by atoms with Gasteiger partial charge in [0.2, 0.25) is 0 Å². The minimum atomic E-state index is -0.764. The molecular weight excluding hydrogens is 276 g/mol. The van der Waals surface area contributed by atoms with Crippen molar-refractivity contribution in [2.24, 2.45) is 0 Å². The van der Waals surface area contributed by atoms with Gasteiger partial charge in [0.25, 0.3) is 5.91 Å². The molecule has 2 saturated carbocycles. The summed E-state index contributed by atoms with van der Waals surface area (Å²) in [5.41, 5.74) is -0.450. The van der Waals surface area contributed by atoms with Gasteiger partial charge in [-0.25, -0.2) is 0 Å². The predicted octanol–water partition coefficient (Wildman–Crippen LogP) is 1.93. The molecule has 0 radical (unpaired) electrons. The molecule has 2 aliphatic carbocycles. The average Bonchev–Trinajstić information content (AvgIpc) is 3.18. The van der Waals surface area contributed by atoms with Crippen LogP contribution in [0.25, 0.3) is 0 Å². The number of nitrogens with one attached hydrogen (secondary N) is 1. The van der Waals surface area contributed by atoms with Crippen LogP contribution in [0, 0.1) is 0 Å². The van der Waals surface area contributed by atoms with Crippen molar-refractivity contribution in [2.45, 2.75) is 49.4 Å². The number of rotatable bonds is 6. The summed E-state index contributed by atoms with van der Waals surface area (Å²) < 4.78 is 5.16. The lowest BCUT2D eigenvalue weighted by molar-refractivity contribution is -0.0222. The van der Waals surface area contributed by atoms with Crippen molar-refractivity contribution in [3.63, 3.8) is 0 Å². The van der Waals surface area contributed by atoms with Crippen LogP contribution in [0.2, 0.25) is 0 Å². The number of aromatic nitrogens is 1. The highest BCUT2D eigenvalue weighted by Crippen LogP contribution is 2.41. The van der Waals surface area contributed by atoms with E-state index in [1.54, 1.807) is 17.8 Å². The van der Waals surface area contributed by atoms with E-state index < -0.39 is 5.60 Å². The summed E-state index contributed by atoms with van der Waals surface area (Å²) in [5.74, 6) is 1.97. The van der Waals surface area contributed by atoms with E-state index in [4.69, 9.17) is 4.52 Å². The van der Waals surface area contributed by atoms with Gasteiger partial charge in [0.1, 0.15) is 5.76 Å². The number of carbonyl (C=O) groups excluding carboxylic acids is 1. The third kappa shape index (κ3) is 2.72. The van der Waals surface area contributed by atoms with Crippen LogP contribution in [0.1, 0.15) is 54.8 Å². The molecule has 1 amide bonds. The summed E-state index contributed by atoms with van der Waals surface area (Å²) in [6.45, 7) is 2.37. The first-order chi connectivity index (χ1) is 9.62. The van der Waals surface area contributed by atoms with E-state index in [1.807, 2.05) is 0 Å². The van der Waals surface area contributed by atoms with E-state index in [-0.39, 0.29) is 17.7 Å². The molecule has 1 aromatic heterocycles. The van der Waals surface area contributed by atoms with E-state index in [2.05, 4.69) is 17.4 Å². The molecule has 2 N–H and O–H groups in total. The Bertz CT molecular complexity index is 500. The van der Waals surface area contributed by atoms with Gasteiger partial charge in [-0.1, -0.05) is 12.1 Å². The Labute approximate surface area is 122 Å². The number of hydrogen-bond donors (Lipinski definition) is 2. The largest absolute Gasteiger partial charge is 0.387 e. The second kappa shape index (κ2) is 5.41. The van der Waals surface area contributed by atoms with Gasteiger partial charge in [0.05, 0.1) is 5.60 Å². The van der Waals surface area contributed by atoms with Gasteiger partial charge in [-0.05, 0) is 31.4 Å². The van der Waals surface area contributed by atoms with Gasteiger partial charge in [0, 0.05) is 23.8 Å². The normalized spacial score (nSPS) is 29.0. The van der Waals surface area contributed by atoms with Gasteiger partial charge >= 0.3 is 0 Å². The zero-order valence-corrected chi connectivity index (χ0v) is 12.4. The van der Waals surface area contributed by atoms with E-state index in [1.165, 1.54) is 0 Å². The smallest absolute Gasteiger partial charge is 0.273 e. The second-order valence-electron chi connectivity index (χ2n) is 5.66. The van der Waals surface area contributed by atoms with Gasteiger partial charge in [-0.3, -0.25) is 4.79 Å². The molecule has 5 nitrogen and oxygen atoms in total. The number of hydrogen-bond acceptors (Lipinski definition) is 5. The van der Waals surface area contributed by atoms with Crippen molar-refractivity contribution >= 4 is 17.7 Å². The van der Waals surface area contributed by atoms with Crippen LogP contribution in [0.5, 0.6) is 0 Å². The molecule has 2 atom stereocenters. The molecule has 0 bridgehead atoms. The molecule has 6 heteroatoms. The van der Waals surface area contributed by atoms with Gasteiger partial charge in [-0.2, -0.15) is 11.8 Å². The van der Waals surface area contributed by atoms with Crippen molar-refractivity contribution in [3.05, 3.63) is 17.5 Å².